The third-order valence-corrected chi connectivity index (χ3v) is 3.79. The van der Waals surface area contributed by atoms with Crippen LogP contribution < -0.4 is 10.6 Å². The number of allylic oxidation sites excluding steroid dienone is 2. The quantitative estimate of drug-likeness (QED) is 0.840. The molecule has 1 aromatic carbocycles. The average molecular weight is 315 g/mol. The Kier molecular flexibility index (Phi) is 4.63. The number of hydrogen-bond acceptors (Lipinski definition) is 5. The molecule has 0 bridgehead atoms. The maximum absolute atomic E-state index is 6.12. The van der Waals surface area contributed by atoms with Crippen LogP contribution >= 0.6 is 34.9 Å². The Morgan fingerprint density at radius 2 is 2.00 bits per heavy atom. The first-order chi connectivity index (χ1) is 9.11. The van der Waals surface area contributed by atoms with Crippen molar-refractivity contribution in [2.24, 2.45) is 0 Å². The van der Waals surface area contributed by atoms with E-state index in [0.29, 0.717) is 27.4 Å². The summed E-state index contributed by atoms with van der Waals surface area (Å²) in [5, 5.41) is 7.23. The number of benzene rings is 1. The summed E-state index contributed by atoms with van der Waals surface area (Å²) in [5.74, 6) is 1.28. The number of nitrogens with zero attached hydrogens (tertiary/aromatic N) is 2. The van der Waals surface area contributed by atoms with Gasteiger partial charge in [0.25, 0.3) is 0 Å². The van der Waals surface area contributed by atoms with Crippen LogP contribution in [-0.2, 0) is 0 Å². The molecule has 100 valence electrons. The van der Waals surface area contributed by atoms with Crippen molar-refractivity contribution in [1.29, 1.82) is 0 Å². The first-order valence-electron chi connectivity index (χ1n) is 5.55. The average Bonchev–Trinajstić information content (AvgIpc) is 2.82. The van der Waals surface area contributed by atoms with Gasteiger partial charge in [-0.15, -0.1) is 0 Å². The fourth-order valence-corrected chi connectivity index (χ4v) is 2.16. The Hall–Kier alpha value is -1.30. The molecule has 1 heterocycles. The second kappa shape index (κ2) is 6.23. The monoisotopic (exact) mass is 314 g/mol. The molecule has 0 unspecified atom stereocenters. The Morgan fingerprint density at radius 3 is 2.74 bits per heavy atom. The molecule has 4 nitrogen and oxygen atoms in total. The highest BCUT2D eigenvalue weighted by Crippen LogP contribution is 2.33. The molecule has 0 aliphatic heterocycles. The molecule has 2 aromatic rings. The lowest BCUT2D eigenvalue weighted by molar-refractivity contribution is 1.31. The molecule has 19 heavy (non-hydrogen) atoms. The van der Waals surface area contributed by atoms with Crippen LogP contribution in [0.4, 0.5) is 17.3 Å². The smallest absolute Gasteiger partial charge is 0.189 e. The molecule has 0 amide bonds. The number of anilines is 3. The lowest BCUT2D eigenvalue weighted by Crippen LogP contribution is -2.00. The van der Waals surface area contributed by atoms with E-state index < -0.39 is 0 Å². The highest BCUT2D eigenvalue weighted by atomic mass is 35.5. The predicted octanol–water partition coefficient (Wildman–Crippen LogP) is 4.92. The van der Waals surface area contributed by atoms with Gasteiger partial charge in [0.2, 0.25) is 0 Å². The van der Waals surface area contributed by atoms with Gasteiger partial charge in [-0.3, -0.25) is 0 Å². The van der Waals surface area contributed by atoms with Crippen molar-refractivity contribution >= 4 is 52.3 Å². The maximum atomic E-state index is 6.12. The van der Waals surface area contributed by atoms with Gasteiger partial charge in [0, 0.05) is 5.70 Å². The van der Waals surface area contributed by atoms with E-state index in [-0.39, 0.29) is 0 Å². The first kappa shape index (κ1) is 14.1. The number of halogens is 2. The van der Waals surface area contributed by atoms with Crippen LogP contribution in [0.1, 0.15) is 13.8 Å². The second-order valence-electron chi connectivity index (χ2n) is 3.78. The van der Waals surface area contributed by atoms with Crippen molar-refractivity contribution in [1.82, 2.24) is 8.75 Å². The van der Waals surface area contributed by atoms with Crippen molar-refractivity contribution in [2.75, 3.05) is 10.6 Å². The summed E-state index contributed by atoms with van der Waals surface area (Å²) in [6, 6.07) is 5.39. The molecule has 1 aromatic heterocycles. The summed E-state index contributed by atoms with van der Waals surface area (Å²) >= 11 is 13.2. The summed E-state index contributed by atoms with van der Waals surface area (Å²) in [5.41, 5.74) is 1.69. The molecule has 0 aliphatic rings. The summed E-state index contributed by atoms with van der Waals surface area (Å²) in [4.78, 5) is 0. The van der Waals surface area contributed by atoms with Crippen LogP contribution in [0.2, 0.25) is 10.0 Å². The van der Waals surface area contributed by atoms with Crippen molar-refractivity contribution in [3.05, 3.63) is 40.0 Å². The fourth-order valence-electron chi connectivity index (χ4n) is 1.34. The van der Waals surface area contributed by atoms with Crippen molar-refractivity contribution in [3.8, 4) is 0 Å². The zero-order chi connectivity index (χ0) is 13.8. The summed E-state index contributed by atoms with van der Waals surface area (Å²) in [7, 11) is 0. The second-order valence-corrected chi connectivity index (χ2v) is 5.10. The van der Waals surface area contributed by atoms with Crippen molar-refractivity contribution in [2.45, 2.75) is 13.8 Å². The van der Waals surface area contributed by atoms with Gasteiger partial charge in [0.15, 0.2) is 11.6 Å². The number of aromatic nitrogens is 2. The predicted molar refractivity (Wildman–Crippen MR) is 82.7 cm³/mol. The van der Waals surface area contributed by atoms with Gasteiger partial charge in [0.1, 0.15) is 0 Å². The SMILES string of the molecule is C/C=C(\C)Nc1nsnc1Nc1cccc(Cl)c1Cl. The number of nitrogens with one attached hydrogen (secondary N) is 2. The van der Waals surface area contributed by atoms with Crippen LogP contribution in [0.15, 0.2) is 30.0 Å². The van der Waals surface area contributed by atoms with Gasteiger partial charge in [-0.1, -0.05) is 35.3 Å². The Labute approximate surface area is 125 Å². The lowest BCUT2D eigenvalue weighted by Gasteiger charge is -2.09. The third kappa shape index (κ3) is 3.37. The molecule has 0 radical (unpaired) electrons. The van der Waals surface area contributed by atoms with E-state index in [2.05, 4.69) is 19.4 Å². The van der Waals surface area contributed by atoms with Gasteiger partial charge in [-0.05, 0) is 26.0 Å². The standard InChI is InChI=1S/C12H12Cl2N4S/c1-3-7(2)15-11-12(18-19-17-11)16-9-6-4-5-8(13)10(9)14/h3-6H,1-2H3,(H,15,17)(H,16,18)/b7-3+. The minimum absolute atomic E-state index is 0.464. The van der Waals surface area contributed by atoms with E-state index in [4.69, 9.17) is 23.2 Å². The van der Waals surface area contributed by atoms with Crippen LogP contribution in [-0.4, -0.2) is 8.75 Å². The normalized spacial score (nSPS) is 11.5. The molecule has 0 fully saturated rings. The maximum Gasteiger partial charge on any atom is 0.189 e. The molecule has 0 saturated carbocycles. The Bertz CT molecular complexity index is 610. The summed E-state index contributed by atoms with van der Waals surface area (Å²) < 4.78 is 8.39. The van der Waals surface area contributed by atoms with Crippen LogP contribution in [0.5, 0.6) is 0 Å². The molecule has 2 rings (SSSR count). The fraction of sp³-hybridized carbons (Fsp3) is 0.167. The van der Waals surface area contributed by atoms with Gasteiger partial charge in [-0.2, -0.15) is 8.75 Å². The molecule has 2 N–H and O–H groups in total. The van der Waals surface area contributed by atoms with Crippen LogP contribution in [0.25, 0.3) is 0 Å². The highest BCUT2D eigenvalue weighted by Gasteiger charge is 2.11. The molecular weight excluding hydrogens is 303 g/mol. The zero-order valence-electron chi connectivity index (χ0n) is 10.4. The molecule has 7 heteroatoms. The third-order valence-electron chi connectivity index (χ3n) is 2.44. The molecule has 0 saturated heterocycles. The van der Waals surface area contributed by atoms with E-state index >= 15 is 0 Å². The van der Waals surface area contributed by atoms with Crippen LogP contribution in [0, 0.1) is 0 Å². The lowest BCUT2D eigenvalue weighted by atomic mass is 10.3. The molecular formula is C12H12Cl2N4S. The minimum Gasteiger partial charge on any atom is -0.340 e. The van der Waals surface area contributed by atoms with E-state index in [1.807, 2.05) is 32.1 Å². The Morgan fingerprint density at radius 1 is 1.26 bits per heavy atom. The number of rotatable bonds is 4. The van der Waals surface area contributed by atoms with Gasteiger partial charge in [0.05, 0.1) is 27.5 Å². The number of hydrogen-bond donors (Lipinski definition) is 2. The molecule has 0 aliphatic carbocycles. The summed E-state index contributed by atoms with van der Waals surface area (Å²) in [6.45, 7) is 3.90. The van der Waals surface area contributed by atoms with Crippen molar-refractivity contribution < 1.29 is 0 Å². The minimum atomic E-state index is 0.464. The van der Waals surface area contributed by atoms with Gasteiger partial charge in [-0.25, -0.2) is 0 Å². The van der Waals surface area contributed by atoms with Crippen molar-refractivity contribution in [3.63, 3.8) is 0 Å². The Balaban J connectivity index is 2.24. The summed E-state index contributed by atoms with van der Waals surface area (Å²) in [6.07, 6.45) is 1.95. The van der Waals surface area contributed by atoms with E-state index in [9.17, 15) is 0 Å². The molecule has 0 spiro atoms. The molecule has 0 atom stereocenters. The van der Waals surface area contributed by atoms with E-state index in [1.165, 1.54) is 0 Å². The van der Waals surface area contributed by atoms with E-state index in [0.717, 1.165) is 17.4 Å². The first-order valence-corrected chi connectivity index (χ1v) is 7.04. The largest absolute Gasteiger partial charge is 0.340 e. The van der Waals surface area contributed by atoms with E-state index in [1.54, 1.807) is 6.07 Å². The zero-order valence-corrected chi connectivity index (χ0v) is 12.7. The highest BCUT2D eigenvalue weighted by molar-refractivity contribution is 6.99. The topological polar surface area (TPSA) is 49.8 Å². The van der Waals surface area contributed by atoms with Gasteiger partial charge >= 0.3 is 0 Å². The van der Waals surface area contributed by atoms with Crippen LogP contribution in [0.3, 0.4) is 0 Å². The van der Waals surface area contributed by atoms with Gasteiger partial charge < -0.3 is 10.6 Å².